The minimum Gasteiger partial charge on any atom is -0.465 e. The molecule has 0 saturated carbocycles. The summed E-state index contributed by atoms with van der Waals surface area (Å²) >= 11 is 1.19. The van der Waals surface area contributed by atoms with E-state index < -0.39 is 5.97 Å². The highest BCUT2D eigenvalue weighted by molar-refractivity contribution is 7.15. The lowest BCUT2D eigenvalue weighted by molar-refractivity contribution is -0.119. The third kappa shape index (κ3) is 3.49. The van der Waals surface area contributed by atoms with Gasteiger partial charge >= 0.3 is 5.97 Å². The summed E-state index contributed by atoms with van der Waals surface area (Å²) in [5.41, 5.74) is 1.47. The van der Waals surface area contributed by atoms with E-state index in [0.717, 1.165) is 0 Å². The maximum atomic E-state index is 13.0. The Morgan fingerprint density at radius 2 is 1.91 bits per heavy atom. The molecule has 0 aliphatic heterocycles. The van der Waals surface area contributed by atoms with Crippen LogP contribution >= 0.6 is 11.3 Å². The smallest absolute Gasteiger partial charge is 0.341 e. The first kappa shape index (κ1) is 16.1. The van der Waals surface area contributed by atoms with Crippen molar-refractivity contribution in [2.24, 2.45) is 0 Å². The van der Waals surface area contributed by atoms with E-state index in [0.29, 0.717) is 16.1 Å². The molecule has 1 amide bonds. The number of ether oxygens (including phenoxy) is 2. The van der Waals surface area contributed by atoms with Crippen molar-refractivity contribution in [3.8, 4) is 11.1 Å². The van der Waals surface area contributed by atoms with Gasteiger partial charge in [-0.1, -0.05) is 12.1 Å². The van der Waals surface area contributed by atoms with Gasteiger partial charge in [0.05, 0.1) is 7.11 Å². The minimum absolute atomic E-state index is 0.121. The van der Waals surface area contributed by atoms with Crippen molar-refractivity contribution in [3.63, 3.8) is 0 Å². The molecule has 0 saturated heterocycles. The fourth-order valence-electron chi connectivity index (χ4n) is 1.89. The van der Waals surface area contributed by atoms with Crippen LogP contribution in [0.15, 0.2) is 29.6 Å². The second-order valence-corrected chi connectivity index (χ2v) is 5.21. The fraction of sp³-hybridized carbons (Fsp3) is 0.200. The van der Waals surface area contributed by atoms with Crippen LogP contribution in [0.4, 0.5) is 9.39 Å². The van der Waals surface area contributed by atoms with Crippen LogP contribution in [0.2, 0.25) is 0 Å². The molecule has 0 fully saturated rings. The Balaban J connectivity index is 2.42. The van der Waals surface area contributed by atoms with Crippen molar-refractivity contribution in [1.29, 1.82) is 0 Å². The van der Waals surface area contributed by atoms with Crippen LogP contribution in [0.25, 0.3) is 11.1 Å². The highest BCUT2D eigenvalue weighted by atomic mass is 32.1. The Hall–Kier alpha value is -2.25. The lowest BCUT2D eigenvalue weighted by atomic mass is 10.0. The van der Waals surface area contributed by atoms with E-state index in [4.69, 9.17) is 9.47 Å². The third-order valence-corrected chi connectivity index (χ3v) is 3.76. The molecule has 0 spiro atoms. The molecule has 7 heteroatoms. The summed E-state index contributed by atoms with van der Waals surface area (Å²) in [7, 11) is 2.66. The Bertz CT molecular complexity index is 681. The Labute approximate surface area is 130 Å². The van der Waals surface area contributed by atoms with Crippen LogP contribution in [0.1, 0.15) is 10.4 Å². The lowest BCUT2D eigenvalue weighted by Gasteiger charge is -2.07. The standard InChI is InChI=1S/C15H14FNO4S/c1-20-7-12(18)17-14-13(15(19)21-2)11(8-22-14)9-3-5-10(16)6-4-9/h3-6,8H,7H2,1-2H3,(H,17,18). The van der Waals surface area contributed by atoms with Gasteiger partial charge < -0.3 is 14.8 Å². The van der Waals surface area contributed by atoms with E-state index in [-0.39, 0.29) is 23.9 Å². The number of thiophene rings is 1. The number of benzene rings is 1. The molecule has 0 bridgehead atoms. The van der Waals surface area contributed by atoms with Crippen molar-refractivity contribution in [1.82, 2.24) is 0 Å². The van der Waals surface area contributed by atoms with E-state index in [1.807, 2.05) is 0 Å². The summed E-state index contributed by atoms with van der Waals surface area (Å²) in [6, 6.07) is 5.73. The van der Waals surface area contributed by atoms with Crippen molar-refractivity contribution in [3.05, 3.63) is 41.0 Å². The normalized spacial score (nSPS) is 10.3. The van der Waals surface area contributed by atoms with Gasteiger partial charge in [0, 0.05) is 18.1 Å². The zero-order chi connectivity index (χ0) is 16.1. The Morgan fingerprint density at radius 1 is 1.23 bits per heavy atom. The summed E-state index contributed by atoms with van der Waals surface area (Å²) in [6.45, 7) is -0.121. The Kier molecular flexibility index (Phi) is 5.24. The molecule has 0 aliphatic rings. The highest BCUT2D eigenvalue weighted by Crippen LogP contribution is 2.36. The average molecular weight is 323 g/mol. The second kappa shape index (κ2) is 7.15. The second-order valence-electron chi connectivity index (χ2n) is 4.33. The van der Waals surface area contributed by atoms with Crippen molar-refractivity contribution in [2.75, 3.05) is 26.1 Å². The summed E-state index contributed by atoms with van der Waals surface area (Å²) < 4.78 is 22.5. The van der Waals surface area contributed by atoms with Crippen molar-refractivity contribution < 1.29 is 23.5 Å². The van der Waals surface area contributed by atoms with Gasteiger partial charge in [0.2, 0.25) is 0 Å². The van der Waals surface area contributed by atoms with Gasteiger partial charge in [-0.15, -0.1) is 11.3 Å². The van der Waals surface area contributed by atoms with Crippen LogP contribution in [0.5, 0.6) is 0 Å². The first-order valence-corrected chi connectivity index (χ1v) is 7.19. The van der Waals surface area contributed by atoms with Gasteiger partial charge in [0.1, 0.15) is 23.0 Å². The SMILES string of the molecule is COCC(=O)Nc1scc(-c2ccc(F)cc2)c1C(=O)OC. The maximum Gasteiger partial charge on any atom is 0.341 e. The zero-order valence-corrected chi connectivity index (χ0v) is 12.8. The number of hydrogen-bond donors (Lipinski definition) is 1. The summed E-state index contributed by atoms with van der Waals surface area (Å²) in [6.07, 6.45) is 0. The Morgan fingerprint density at radius 3 is 2.50 bits per heavy atom. The van der Waals surface area contributed by atoms with Gasteiger partial charge in [-0.05, 0) is 17.7 Å². The number of halogens is 1. The predicted molar refractivity (Wildman–Crippen MR) is 81.6 cm³/mol. The van der Waals surface area contributed by atoms with Gasteiger partial charge in [-0.3, -0.25) is 4.79 Å². The summed E-state index contributed by atoms with van der Waals surface area (Å²) in [5, 5.41) is 4.69. The molecule has 22 heavy (non-hydrogen) atoms. The summed E-state index contributed by atoms with van der Waals surface area (Å²) in [5.74, 6) is -1.32. The monoisotopic (exact) mass is 323 g/mol. The van der Waals surface area contributed by atoms with Gasteiger partial charge in [-0.2, -0.15) is 0 Å². The van der Waals surface area contributed by atoms with Crippen molar-refractivity contribution >= 4 is 28.2 Å². The molecule has 1 aromatic carbocycles. The van der Waals surface area contributed by atoms with Crippen LogP contribution in [-0.4, -0.2) is 32.7 Å². The van der Waals surface area contributed by atoms with Crippen LogP contribution < -0.4 is 5.32 Å². The zero-order valence-electron chi connectivity index (χ0n) is 12.0. The van der Waals surface area contributed by atoms with Crippen LogP contribution in [0.3, 0.4) is 0 Å². The molecule has 0 atom stereocenters. The number of hydrogen-bond acceptors (Lipinski definition) is 5. The summed E-state index contributed by atoms with van der Waals surface area (Å²) in [4.78, 5) is 23.7. The molecule has 1 aromatic heterocycles. The number of methoxy groups -OCH3 is 2. The maximum absolute atomic E-state index is 13.0. The van der Waals surface area contributed by atoms with E-state index >= 15 is 0 Å². The molecule has 1 heterocycles. The predicted octanol–water partition coefficient (Wildman–Crippen LogP) is 2.93. The number of carbonyl (C=O) groups is 2. The lowest BCUT2D eigenvalue weighted by Crippen LogP contribution is -2.18. The molecular formula is C15H14FNO4S. The largest absolute Gasteiger partial charge is 0.465 e. The van der Waals surface area contributed by atoms with E-state index in [1.165, 1.54) is 37.7 Å². The fourth-order valence-corrected chi connectivity index (χ4v) is 2.86. The van der Waals surface area contributed by atoms with Crippen LogP contribution in [0, 0.1) is 5.82 Å². The molecule has 0 aliphatic carbocycles. The van der Waals surface area contributed by atoms with E-state index in [1.54, 1.807) is 17.5 Å². The van der Waals surface area contributed by atoms with Gasteiger partial charge in [0.25, 0.3) is 5.91 Å². The molecule has 2 aromatic rings. The van der Waals surface area contributed by atoms with Crippen molar-refractivity contribution in [2.45, 2.75) is 0 Å². The molecular weight excluding hydrogens is 309 g/mol. The van der Waals surface area contributed by atoms with Gasteiger partial charge in [0.15, 0.2) is 0 Å². The average Bonchev–Trinajstić information content (AvgIpc) is 2.91. The molecule has 116 valence electrons. The number of nitrogens with one attached hydrogen (secondary N) is 1. The van der Waals surface area contributed by atoms with E-state index in [2.05, 4.69) is 5.32 Å². The highest BCUT2D eigenvalue weighted by Gasteiger charge is 2.22. The number of esters is 1. The number of carbonyl (C=O) groups excluding carboxylic acids is 2. The van der Waals surface area contributed by atoms with E-state index in [9.17, 15) is 14.0 Å². The third-order valence-electron chi connectivity index (χ3n) is 2.86. The quantitative estimate of drug-likeness (QED) is 0.859. The number of amides is 1. The molecule has 1 N–H and O–H groups in total. The molecule has 5 nitrogen and oxygen atoms in total. The number of anilines is 1. The topological polar surface area (TPSA) is 64.6 Å². The molecule has 2 rings (SSSR count). The van der Waals surface area contributed by atoms with Gasteiger partial charge in [-0.25, -0.2) is 9.18 Å². The van der Waals surface area contributed by atoms with Crippen LogP contribution in [-0.2, 0) is 14.3 Å². The minimum atomic E-state index is -0.576. The first-order chi connectivity index (χ1) is 10.6. The number of rotatable bonds is 5. The molecule has 0 radical (unpaired) electrons. The first-order valence-electron chi connectivity index (χ1n) is 6.31. The molecule has 0 unspecified atom stereocenters.